The molecule has 0 aliphatic rings. The minimum Gasteiger partial charge on any atom is -0.504 e. The number of hydrogen-bond acceptors (Lipinski definition) is 4. The van der Waals surface area contributed by atoms with E-state index in [0.717, 1.165) is 4.47 Å². The lowest BCUT2D eigenvalue weighted by molar-refractivity contribution is 0.104. The summed E-state index contributed by atoms with van der Waals surface area (Å²) >= 11 is 3.37. The van der Waals surface area contributed by atoms with E-state index in [9.17, 15) is 9.90 Å². The Bertz CT molecular complexity index is 713. The lowest BCUT2D eigenvalue weighted by Gasteiger charge is -2.06. The van der Waals surface area contributed by atoms with Crippen molar-refractivity contribution < 1.29 is 19.1 Å². The first-order valence-electron chi connectivity index (χ1n) is 6.28. The molecule has 0 bridgehead atoms. The molecule has 1 aromatic heterocycles. The molecular formula is C16H15BrO4. The van der Waals surface area contributed by atoms with Gasteiger partial charge in [-0.2, -0.15) is 0 Å². The smallest absolute Gasteiger partial charge is 0.189 e. The molecule has 4 nitrogen and oxygen atoms in total. The van der Waals surface area contributed by atoms with Crippen LogP contribution in [-0.2, 0) is 0 Å². The van der Waals surface area contributed by atoms with Crippen LogP contribution in [0.4, 0.5) is 0 Å². The van der Waals surface area contributed by atoms with E-state index in [2.05, 4.69) is 15.9 Å². The van der Waals surface area contributed by atoms with E-state index in [0.29, 0.717) is 28.4 Å². The standard InChI is InChI=1S/C16H15BrO4/c1-9-6-12(10(2)21-9)14(18)5-4-11-7-15(19)16(20-3)8-13(11)17/h4-8,19H,1-3H3/b5-4+. The topological polar surface area (TPSA) is 59.7 Å². The van der Waals surface area contributed by atoms with Gasteiger partial charge in [-0.25, -0.2) is 0 Å². The molecule has 0 saturated carbocycles. The second-order valence-corrected chi connectivity index (χ2v) is 5.42. The summed E-state index contributed by atoms with van der Waals surface area (Å²) in [6.45, 7) is 3.55. The van der Waals surface area contributed by atoms with Crippen LogP contribution in [0, 0.1) is 13.8 Å². The second kappa shape index (κ2) is 6.18. The summed E-state index contributed by atoms with van der Waals surface area (Å²) in [5.41, 5.74) is 1.22. The number of aryl methyl sites for hydroxylation is 2. The minimum absolute atomic E-state index is 0.0168. The molecule has 0 saturated heterocycles. The largest absolute Gasteiger partial charge is 0.504 e. The summed E-state index contributed by atoms with van der Waals surface area (Å²) in [7, 11) is 1.48. The zero-order valence-corrected chi connectivity index (χ0v) is 13.5. The quantitative estimate of drug-likeness (QED) is 0.660. The van der Waals surface area contributed by atoms with Crippen molar-refractivity contribution in [2.24, 2.45) is 0 Å². The number of furan rings is 1. The predicted molar refractivity (Wildman–Crippen MR) is 83.9 cm³/mol. The van der Waals surface area contributed by atoms with Crippen LogP contribution >= 0.6 is 15.9 Å². The molecule has 0 fully saturated rings. The SMILES string of the molecule is COc1cc(Br)c(/C=C/C(=O)c2cc(C)oc2C)cc1O. The number of phenolic OH excluding ortho intramolecular Hbond substituents is 1. The zero-order chi connectivity index (χ0) is 15.6. The first-order valence-corrected chi connectivity index (χ1v) is 7.07. The van der Waals surface area contributed by atoms with Crippen LogP contribution in [-0.4, -0.2) is 18.0 Å². The van der Waals surface area contributed by atoms with Crippen LogP contribution < -0.4 is 4.74 Å². The van der Waals surface area contributed by atoms with E-state index >= 15 is 0 Å². The molecule has 110 valence electrons. The van der Waals surface area contributed by atoms with Gasteiger partial charge in [0.1, 0.15) is 11.5 Å². The molecule has 1 aromatic carbocycles. The predicted octanol–water partition coefficient (Wildman–Crippen LogP) is 4.27. The van der Waals surface area contributed by atoms with Gasteiger partial charge in [-0.15, -0.1) is 0 Å². The van der Waals surface area contributed by atoms with Gasteiger partial charge >= 0.3 is 0 Å². The van der Waals surface area contributed by atoms with E-state index in [4.69, 9.17) is 9.15 Å². The Kier molecular flexibility index (Phi) is 4.53. The van der Waals surface area contributed by atoms with Crippen molar-refractivity contribution in [1.82, 2.24) is 0 Å². The molecule has 2 rings (SSSR count). The maximum absolute atomic E-state index is 12.1. The Morgan fingerprint density at radius 3 is 2.62 bits per heavy atom. The number of hydrogen-bond donors (Lipinski definition) is 1. The maximum atomic E-state index is 12.1. The fraction of sp³-hybridized carbons (Fsp3) is 0.188. The Balaban J connectivity index is 2.27. The number of benzene rings is 1. The Labute approximate surface area is 131 Å². The number of carbonyl (C=O) groups excluding carboxylic acids is 1. The van der Waals surface area contributed by atoms with Crippen molar-refractivity contribution >= 4 is 27.8 Å². The lowest BCUT2D eigenvalue weighted by Crippen LogP contribution is -1.94. The molecule has 5 heteroatoms. The first-order chi connectivity index (χ1) is 9.92. The molecule has 0 aliphatic heterocycles. The molecular weight excluding hydrogens is 336 g/mol. The summed E-state index contributed by atoms with van der Waals surface area (Å²) in [4.78, 5) is 12.1. The van der Waals surface area contributed by atoms with Crippen LogP contribution in [0.5, 0.6) is 11.5 Å². The normalized spacial score (nSPS) is 11.0. The number of aromatic hydroxyl groups is 1. The maximum Gasteiger partial charge on any atom is 0.189 e. The summed E-state index contributed by atoms with van der Waals surface area (Å²) in [5, 5.41) is 9.77. The summed E-state index contributed by atoms with van der Waals surface area (Å²) in [6, 6.07) is 4.88. The molecule has 0 spiro atoms. The van der Waals surface area contributed by atoms with Gasteiger partial charge in [-0.05, 0) is 49.8 Å². The molecule has 0 aliphatic carbocycles. The average molecular weight is 351 g/mol. The third kappa shape index (κ3) is 3.36. The van der Waals surface area contributed by atoms with E-state index < -0.39 is 0 Å². The molecule has 1 N–H and O–H groups in total. The number of allylic oxidation sites excluding steroid dienone is 1. The number of rotatable bonds is 4. The molecule has 0 unspecified atom stereocenters. The number of halogens is 1. The molecule has 0 amide bonds. The summed E-state index contributed by atoms with van der Waals surface area (Å²) < 4.78 is 11.1. The van der Waals surface area contributed by atoms with E-state index in [-0.39, 0.29) is 11.5 Å². The fourth-order valence-corrected chi connectivity index (χ4v) is 2.44. The highest BCUT2D eigenvalue weighted by Gasteiger charge is 2.11. The molecule has 21 heavy (non-hydrogen) atoms. The third-order valence-electron chi connectivity index (χ3n) is 3.02. The van der Waals surface area contributed by atoms with Gasteiger partial charge in [0.05, 0.1) is 12.7 Å². The van der Waals surface area contributed by atoms with Gasteiger partial charge in [0.2, 0.25) is 0 Å². The molecule has 0 radical (unpaired) electrons. The molecule has 0 atom stereocenters. The van der Waals surface area contributed by atoms with E-state index in [1.165, 1.54) is 19.3 Å². The van der Waals surface area contributed by atoms with Crippen molar-refractivity contribution in [2.45, 2.75) is 13.8 Å². The molecule has 2 aromatic rings. The number of methoxy groups -OCH3 is 1. The van der Waals surface area contributed by atoms with Crippen LogP contribution in [0.2, 0.25) is 0 Å². The molecule has 1 heterocycles. The fourth-order valence-electron chi connectivity index (χ4n) is 1.98. The van der Waals surface area contributed by atoms with Gasteiger partial charge < -0.3 is 14.3 Å². The van der Waals surface area contributed by atoms with Crippen LogP contribution in [0.1, 0.15) is 27.4 Å². The monoisotopic (exact) mass is 350 g/mol. The van der Waals surface area contributed by atoms with Crippen molar-refractivity contribution in [3.63, 3.8) is 0 Å². The average Bonchev–Trinajstić information content (AvgIpc) is 2.78. The minimum atomic E-state index is -0.147. The van der Waals surface area contributed by atoms with E-state index in [1.54, 1.807) is 32.1 Å². The van der Waals surface area contributed by atoms with Crippen LogP contribution in [0.15, 0.2) is 33.2 Å². The highest BCUT2D eigenvalue weighted by molar-refractivity contribution is 9.10. The van der Waals surface area contributed by atoms with Crippen molar-refractivity contribution in [3.05, 3.63) is 51.4 Å². The highest BCUT2D eigenvalue weighted by Crippen LogP contribution is 2.33. The lowest BCUT2D eigenvalue weighted by atomic mass is 10.1. The first kappa shape index (κ1) is 15.4. The zero-order valence-electron chi connectivity index (χ0n) is 11.9. The number of phenols is 1. The van der Waals surface area contributed by atoms with Gasteiger partial charge in [0.25, 0.3) is 0 Å². The van der Waals surface area contributed by atoms with Gasteiger partial charge in [-0.1, -0.05) is 15.9 Å². The third-order valence-corrected chi connectivity index (χ3v) is 3.71. The van der Waals surface area contributed by atoms with Gasteiger partial charge in [-0.3, -0.25) is 4.79 Å². The Hall–Kier alpha value is -2.01. The number of ether oxygens (including phenoxy) is 1. The van der Waals surface area contributed by atoms with Crippen molar-refractivity contribution in [1.29, 1.82) is 0 Å². The van der Waals surface area contributed by atoms with Gasteiger partial charge in [0.15, 0.2) is 17.3 Å². The number of carbonyl (C=O) groups is 1. The highest BCUT2D eigenvalue weighted by atomic mass is 79.9. The van der Waals surface area contributed by atoms with E-state index in [1.807, 2.05) is 0 Å². The van der Waals surface area contributed by atoms with Crippen LogP contribution in [0.25, 0.3) is 6.08 Å². The Morgan fingerprint density at radius 1 is 1.33 bits per heavy atom. The Morgan fingerprint density at radius 2 is 2.05 bits per heavy atom. The second-order valence-electron chi connectivity index (χ2n) is 4.57. The van der Waals surface area contributed by atoms with Crippen molar-refractivity contribution in [2.75, 3.05) is 7.11 Å². The summed E-state index contributed by atoms with van der Waals surface area (Å²) in [5.74, 6) is 1.53. The van der Waals surface area contributed by atoms with Crippen LogP contribution in [0.3, 0.4) is 0 Å². The number of ketones is 1. The van der Waals surface area contributed by atoms with Gasteiger partial charge in [0, 0.05) is 4.47 Å². The summed E-state index contributed by atoms with van der Waals surface area (Å²) in [6.07, 6.45) is 3.08. The van der Waals surface area contributed by atoms with Crippen molar-refractivity contribution in [3.8, 4) is 11.5 Å².